The minimum absolute atomic E-state index is 0. The van der Waals surface area contributed by atoms with Crippen LogP contribution >= 0.6 is 11.6 Å². The van der Waals surface area contributed by atoms with Crippen LogP contribution in [0.1, 0.15) is 187 Å². The summed E-state index contributed by atoms with van der Waals surface area (Å²) >= 11 is 6.63. The number of nitrogens with one attached hydrogen (secondary N) is 1. The molecule has 1 N–H and O–H groups in total. The highest BCUT2D eigenvalue weighted by Crippen LogP contribution is 2.30. The van der Waals surface area contributed by atoms with E-state index in [1.807, 2.05) is 30.5 Å². The van der Waals surface area contributed by atoms with Crippen molar-refractivity contribution in [3.8, 4) is 11.5 Å². The Morgan fingerprint density at radius 3 is 1.71 bits per heavy atom. The monoisotopic (exact) mass is 840 g/mol. The molecule has 0 spiro atoms. The summed E-state index contributed by atoms with van der Waals surface area (Å²) in [6.45, 7) is 8.66. The second kappa shape index (κ2) is 33.1. The molecule has 7 heteroatoms. The van der Waals surface area contributed by atoms with Crippen molar-refractivity contribution in [3.63, 3.8) is 0 Å². The maximum atomic E-state index is 13.5. The van der Waals surface area contributed by atoms with E-state index in [9.17, 15) is 4.79 Å². The Morgan fingerprint density at radius 2 is 1.20 bits per heavy atom. The predicted molar refractivity (Wildman–Crippen MR) is 212 cm³/mol. The van der Waals surface area contributed by atoms with Crippen LogP contribution < -0.4 is 43.3 Å². The second-order valence-corrected chi connectivity index (χ2v) is 14.7. The van der Waals surface area contributed by atoms with Crippen molar-refractivity contribution < 1.29 is 42.8 Å². The van der Waals surface area contributed by atoms with Crippen LogP contribution in [0.5, 0.6) is 11.5 Å². The van der Waals surface area contributed by atoms with Crippen LogP contribution in [-0.4, -0.2) is 18.6 Å². The first-order valence-corrected chi connectivity index (χ1v) is 21.3. The minimum Gasteiger partial charge on any atom is -1.00 e. The van der Waals surface area contributed by atoms with E-state index in [0.717, 1.165) is 31.5 Å². The van der Waals surface area contributed by atoms with Gasteiger partial charge in [-0.15, -0.1) is 0 Å². The molecule has 51 heavy (non-hydrogen) atoms. The van der Waals surface area contributed by atoms with Gasteiger partial charge in [-0.1, -0.05) is 173 Å². The van der Waals surface area contributed by atoms with E-state index >= 15 is 0 Å². The lowest BCUT2D eigenvalue weighted by Crippen LogP contribution is -3.00. The molecule has 1 heterocycles. The van der Waals surface area contributed by atoms with E-state index in [4.69, 9.17) is 21.1 Å². The van der Waals surface area contributed by atoms with E-state index < -0.39 is 6.10 Å². The topological polar surface area (TPSA) is 51.4 Å². The molecule has 0 saturated heterocycles. The van der Waals surface area contributed by atoms with Crippen LogP contribution in [0.2, 0.25) is 5.02 Å². The van der Waals surface area contributed by atoms with E-state index in [1.165, 1.54) is 135 Å². The third kappa shape index (κ3) is 23.7. The lowest BCUT2D eigenvalue weighted by Gasteiger charge is -2.19. The first-order chi connectivity index (χ1) is 24.6. The Hall–Kier alpha value is -1.54. The van der Waals surface area contributed by atoms with Crippen LogP contribution in [0.3, 0.4) is 0 Å². The number of hydrogen-bond donors (Lipinski definition) is 1. The zero-order valence-corrected chi connectivity index (χ0v) is 35.8. The molecule has 0 bridgehead atoms. The molecule has 1 atom stereocenters. The summed E-state index contributed by atoms with van der Waals surface area (Å²) in [6, 6.07) is 11.6. The molecular weight excluding hydrogens is 767 g/mol. The lowest BCUT2D eigenvalue weighted by molar-refractivity contribution is -0.701. The number of aryl methyl sites for hydroxylation is 1. The summed E-state index contributed by atoms with van der Waals surface area (Å²) in [7, 11) is 0. The van der Waals surface area contributed by atoms with Gasteiger partial charge in [0.25, 0.3) is 5.91 Å². The lowest BCUT2D eigenvalue weighted by atomic mass is 10.0. The molecule has 0 aliphatic rings. The van der Waals surface area contributed by atoms with Crippen LogP contribution in [0, 0.1) is 0 Å². The summed E-state index contributed by atoms with van der Waals surface area (Å²) < 4.78 is 14.5. The van der Waals surface area contributed by atoms with Crippen molar-refractivity contribution in [1.82, 2.24) is 5.32 Å². The molecule has 0 fully saturated rings. The molecule has 292 valence electrons. The van der Waals surface area contributed by atoms with Gasteiger partial charge in [0.05, 0.1) is 11.6 Å². The van der Waals surface area contributed by atoms with Gasteiger partial charge in [0.2, 0.25) is 5.69 Å². The van der Waals surface area contributed by atoms with Crippen molar-refractivity contribution in [2.45, 2.75) is 200 Å². The number of benzene rings is 1. The number of halogens is 2. The van der Waals surface area contributed by atoms with Crippen LogP contribution in [0.15, 0.2) is 42.6 Å². The Balaban J connectivity index is 0.0000130. The van der Waals surface area contributed by atoms with Crippen molar-refractivity contribution >= 4 is 17.5 Å². The molecule has 0 aliphatic carbocycles. The van der Waals surface area contributed by atoms with Crippen molar-refractivity contribution in [3.05, 3.63) is 53.3 Å². The molecule has 1 unspecified atom stereocenters. The van der Waals surface area contributed by atoms with Gasteiger partial charge >= 0.3 is 0 Å². The van der Waals surface area contributed by atoms with E-state index in [-0.39, 0.29) is 29.9 Å². The fourth-order valence-corrected chi connectivity index (χ4v) is 6.87. The van der Waals surface area contributed by atoms with Gasteiger partial charge in [-0.3, -0.25) is 4.79 Å². The Bertz CT molecular complexity index is 1120. The maximum Gasteiger partial charge on any atom is 0.261 e. The number of hydrogen-bond acceptors (Lipinski definition) is 3. The SMILES string of the molecule is CCCCCCCCCCCCCCCCC(Oc1ccc(OCCCCCCCCCCCC)c(Cl)c1)C(=O)NCc1cccc[n+]1CC.[I-]. The molecule has 0 radical (unpaired) electrons. The van der Waals surface area contributed by atoms with Gasteiger partial charge < -0.3 is 38.8 Å². The summed E-state index contributed by atoms with van der Waals surface area (Å²) in [4.78, 5) is 13.5. The van der Waals surface area contributed by atoms with Crippen molar-refractivity contribution in [2.75, 3.05) is 6.61 Å². The minimum atomic E-state index is -0.569. The van der Waals surface area contributed by atoms with Gasteiger partial charge in [0.1, 0.15) is 24.6 Å². The summed E-state index contributed by atoms with van der Waals surface area (Å²) in [6.07, 6.45) is 33.5. The smallest absolute Gasteiger partial charge is 0.261 e. The maximum absolute atomic E-state index is 13.5. The third-order valence-corrected chi connectivity index (χ3v) is 10.2. The number of rotatable bonds is 33. The zero-order chi connectivity index (χ0) is 35.9. The van der Waals surface area contributed by atoms with Gasteiger partial charge in [-0.25, -0.2) is 4.57 Å². The Morgan fingerprint density at radius 1 is 0.686 bits per heavy atom. The summed E-state index contributed by atoms with van der Waals surface area (Å²) in [5.41, 5.74) is 1.07. The number of carbonyl (C=O) groups excluding carboxylic acids is 1. The normalized spacial score (nSPS) is 11.6. The number of unbranched alkanes of at least 4 members (excludes halogenated alkanes) is 22. The average molecular weight is 841 g/mol. The first-order valence-electron chi connectivity index (χ1n) is 20.9. The van der Waals surface area contributed by atoms with Gasteiger partial charge in [0.15, 0.2) is 12.3 Å². The van der Waals surface area contributed by atoms with Crippen molar-refractivity contribution in [1.29, 1.82) is 0 Å². The fraction of sp³-hybridized carbons (Fsp3) is 0.727. The quantitative estimate of drug-likeness (QED) is 0.0443. The van der Waals surface area contributed by atoms with Crippen molar-refractivity contribution in [2.24, 2.45) is 0 Å². The molecule has 1 aromatic heterocycles. The van der Waals surface area contributed by atoms with E-state index in [2.05, 4.69) is 36.7 Å². The number of ether oxygens (including phenoxy) is 2. The Kier molecular flexibility index (Phi) is 30.8. The number of carbonyl (C=O) groups is 1. The molecule has 5 nitrogen and oxygen atoms in total. The molecular formula is C44H74ClIN2O3. The molecule has 2 rings (SSSR count). The Labute approximate surface area is 335 Å². The van der Waals surface area contributed by atoms with Crippen LogP contribution in [-0.2, 0) is 17.9 Å². The number of nitrogens with zero attached hydrogens (tertiary/aromatic N) is 1. The first kappa shape index (κ1) is 47.5. The molecule has 1 aromatic carbocycles. The standard InChI is InChI=1S/C44H73ClN2O3.HI/c1-4-7-9-11-13-15-17-18-19-20-21-23-25-27-32-43(44(48)46-38-39-31-28-29-35-47(39)6-3)50-40-33-34-42(41(45)37-40)49-36-30-26-24-22-16-14-12-10-8-5-2;/h28-29,31,33-35,37,43H,4-27,30,32,36,38H2,1-3H3;1H. The van der Waals surface area contributed by atoms with E-state index in [1.54, 1.807) is 6.07 Å². The highest BCUT2D eigenvalue weighted by atomic mass is 127. The average Bonchev–Trinajstić information content (AvgIpc) is 3.13. The third-order valence-electron chi connectivity index (χ3n) is 9.87. The van der Waals surface area contributed by atoms with Gasteiger partial charge in [-0.2, -0.15) is 0 Å². The largest absolute Gasteiger partial charge is 1.00 e. The fourth-order valence-electron chi connectivity index (χ4n) is 6.65. The van der Waals surface area contributed by atoms with Gasteiger partial charge in [0, 0.05) is 18.2 Å². The van der Waals surface area contributed by atoms with Gasteiger partial charge in [-0.05, 0) is 38.3 Å². The van der Waals surface area contributed by atoms with Crippen LogP contribution in [0.25, 0.3) is 0 Å². The molecule has 0 aliphatic heterocycles. The molecule has 2 aromatic rings. The summed E-state index contributed by atoms with van der Waals surface area (Å²) in [5, 5.41) is 3.67. The predicted octanol–water partition coefficient (Wildman–Crippen LogP) is 9.89. The number of aromatic nitrogens is 1. The molecule has 1 amide bonds. The number of pyridine rings is 1. The summed E-state index contributed by atoms with van der Waals surface area (Å²) in [5.74, 6) is 1.20. The highest BCUT2D eigenvalue weighted by Gasteiger charge is 2.22. The van der Waals surface area contributed by atoms with E-state index in [0.29, 0.717) is 36.1 Å². The molecule has 0 saturated carbocycles. The highest BCUT2D eigenvalue weighted by molar-refractivity contribution is 6.32. The number of amides is 1. The second-order valence-electron chi connectivity index (χ2n) is 14.3. The zero-order valence-electron chi connectivity index (χ0n) is 32.8. The van der Waals surface area contributed by atoms with Crippen LogP contribution in [0.4, 0.5) is 0 Å².